The molecule has 6 nitrogen and oxygen atoms in total. The fourth-order valence-corrected chi connectivity index (χ4v) is 4.84. The van der Waals surface area contributed by atoms with Crippen LogP contribution in [0.2, 0.25) is 0 Å². The summed E-state index contributed by atoms with van der Waals surface area (Å²) >= 11 is 0. The van der Waals surface area contributed by atoms with Crippen LogP contribution < -0.4 is 5.32 Å². The number of carbonyl (C=O) groups is 2. The number of anilines is 1. The number of nitrogens with zero attached hydrogens (tertiary/aromatic N) is 2. The molecule has 4 rings (SSSR count). The molecule has 0 fully saturated rings. The first-order chi connectivity index (χ1) is 19.5. The number of nitrogens with one attached hydrogen (secondary N) is 2. The van der Waals surface area contributed by atoms with Crippen molar-refractivity contribution in [2.45, 2.75) is 46.3 Å². The number of aryl methyl sites for hydroxylation is 2. The van der Waals surface area contributed by atoms with Crippen molar-refractivity contribution in [1.29, 1.82) is 0 Å². The maximum absolute atomic E-state index is 13.7. The van der Waals surface area contributed by atoms with E-state index in [2.05, 4.69) is 10.3 Å². The molecule has 0 aliphatic heterocycles. The second kappa shape index (κ2) is 12.9. The first-order valence-corrected chi connectivity index (χ1v) is 13.7. The van der Waals surface area contributed by atoms with E-state index in [0.717, 1.165) is 39.7 Å². The van der Waals surface area contributed by atoms with Crippen LogP contribution in [0, 0.1) is 13.8 Å². The number of rotatable bonds is 10. The molecule has 3 aromatic carbocycles. The Morgan fingerprint density at radius 1 is 0.927 bits per heavy atom. The molecule has 0 unspecified atom stereocenters. The standard InChI is InChI=1S/C32H35F3N4O2/c1-4-16-39(31(41)37-28-14-9-22(2)18-23(28)3)21-30(40)38(20-24-10-12-26(13-11-24)32(33,34)35)17-15-25-19-36-29-8-6-5-7-27(25)29/h5-14,18-19,36H,4,15-17,20-21H2,1-3H3,(H,37,41). The summed E-state index contributed by atoms with van der Waals surface area (Å²) < 4.78 is 39.3. The number of hydrogen-bond acceptors (Lipinski definition) is 2. The second-order valence-corrected chi connectivity index (χ2v) is 10.3. The van der Waals surface area contributed by atoms with E-state index in [4.69, 9.17) is 0 Å². The van der Waals surface area contributed by atoms with Crippen molar-refractivity contribution in [3.05, 3.63) is 101 Å². The SMILES string of the molecule is CCCN(CC(=O)N(CCc1c[nH]c2ccccc12)Cc1ccc(C(F)(F)F)cc1)C(=O)Nc1ccc(C)cc1C. The van der Waals surface area contributed by atoms with Crippen molar-refractivity contribution in [3.8, 4) is 0 Å². The Kier molecular flexibility index (Phi) is 9.37. The van der Waals surface area contributed by atoms with Crippen molar-refractivity contribution in [1.82, 2.24) is 14.8 Å². The van der Waals surface area contributed by atoms with E-state index in [-0.39, 0.29) is 25.0 Å². The molecule has 1 heterocycles. The summed E-state index contributed by atoms with van der Waals surface area (Å²) in [6.45, 7) is 6.49. The zero-order valence-corrected chi connectivity index (χ0v) is 23.5. The Bertz CT molecular complexity index is 1500. The number of amides is 3. The van der Waals surface area contributed by atoms with Gasteiger partial charge in [-0.25, -0.2) is 4.79 Å². The summed E-state index contributed by atoms with van der Waals surface area (Å²) in [4.78, 5) is 33.2. The highest BCUT2D eigenvalue weighted by atomic mass is 19.4. The molecule has 0 atom stereocenters. The van der Waals surface area contributed by atoms with Crippen molar-refractivity contribution >= 4 is 28.5 Å². The molecular weight excluding hydrogens is 529 g/mol. The average molecular weight is 565 g/mol. The lowest BCUT2D eigenvalue weighted by Crippen LogP contribution is -2.45. The summed E-state index contributed by atoms with van der Waals surface area (Å²) in [6, 6.07) is 18.1. The van der Waals surface area contributed by atoms with Gasteiger partial charge in [-0.15, -0.1) is 0 Å². The first-order valence-electron chi connectivity index (χ1n) is 13.7. The number of carbonyl (C=O) groups excluding carboxylic acids is 2. The van der Waals surface area contributed by atoms with Gasteiger partial charge in [-0.05, 0) is 67.6 Å². The number of aromatic amines is 1. The Morgan fingerprint density at radius 3 is 2.34 bits per heavy atom. The van der Waals surface area contributed by atoms with E-state index in [1.165, 1.54) is 17.0 Å². The molecule has 0 aliphatic carbocycles. The average Bonchev–Trinajstić information content (AvgIpc) is 3.35. The number of fused-ring (bicyclic) bond motifs is 1. The molecule has 1 aromatic heterocycles. The van der Waals surface area contributed by atoms with Gasteiger partial charge in [0.2, 0.25) is 5.91 Å². The molecule has 4 aromatic rings. The Labute approximate surface area is 238 Å². The van der Waals surface area contributed by atoms with Crippen molar-refractivity contribution in [3.63, 3.8) is 0 Å². The molecule has 216 valence electrons. The Hall–Kier alpha value is -4.27. The van der Waals surface area contributed by atoms with Crippen LogP contribution in [0.15, 0.2) is 72.9 Å². The normalized spacial score (nSPS) is 11.5. The number of benzene rings is 3. The van der Waals surface area contributed by atoms with Gasteiger partial charge in [-0.1, -0.05) is 55.0 Å². The highest BCUT2D eigenvalue weighted by molar-refractivity contribution is 5.93. The molecule has 0 saturated heterocycles. The number of para-hydroxylation sites is 1. The van der Waals surface area contributed by atoms with Crippen LogP contribution >= 0.6 is 0 Å². The van der Waals surface area contributed by atoms with Crippen LogP contribution in [0.3, 0.4) is 0 Å². The number of urea groups is 1. The van der Waals surface area contributed by atoms with Crippen molar-refractivity contribution in [2.24, 2.45) is 0 Å². The quantitative estimate of drug-likeness (QED) is 0.212. The minimum atomic E-state index is -4.44. The molecule has 0 spiro atoms. The molecule has 9 heteroatoms. The zero-order valence-electron chi connectivity index (χ0n) is 23.5. The van der Waals surface area contributed by atoms with Crippen LogP contribution in [0.4, 0.5) is 23.7 Å². The van der Waals surface area contributed by atoms with E-state index in [0.29, 0.717) is 37.2 Å². The van der Waals surface area contributed by atoms with Crippen molar-refractivity contribution in [2.75, 3.05) is 25.0 Å². The Morgan fingerprint density at radius 2 is 1.66 bits per heavy atom. The van der Waals surface area contributed by atoms with Crippen LogP contribution in [0.25, 0.3) is 10.9 Å². The highest BCUT2D eigenvalue weighted by Gasteiger charge is 2.30. The summed E-state index contributed by atoms with van der Waals surface area (Å²) in [7, 11) is 0. The minimum Gasteiger partial charge on any atom is -0.361 e. The van der Waals surface area contributed by atoms with Crippen LogP contribution in [0.1, 0.15) is 41.2 Å². The van der Waals surface area contributed by atoms with Gasteiger partial charge in [-0.3, -0.25) is 4.79 Å². The topological polar surface area (TPSA) is 68.4 Å². The predicted octanol–water partition coefficient (Wildman–Crippen LogP) is 7.32. The molecule has 0 aliphatic rings. The van der Waals surface area contributed by atoms with Gasteiger partial charge in [0.1, 0.15) is 6.54 Å². The number of hydrogen-bond donors (Lipinski definition) is 2. The zero-order chi connectivity index (χ0) is 29.6. The maximum atomic E-state index is 13.7. The van der Waals surface area contributed by atoms with Gasteiger partial charge in [0, 0.05) is 42.4 Å². The number of H-pyrrole nitrogens is 1. The van der Waals surface area contributed by atoms with Gasteiger partial charge in [0.05, 0.1) is 5.56 Å². The Balaban J connectivity index is 1.53. The summed E-state index contributed by atoms with van der Waals surface area (Å²) in [5.41, 5.74) is 4.53. The minimum absolute atomic E-state index is 0.123. The summed E-state index contributed by atoms with van der Waals surface area (Å²) in [5, 5.41) is 3.97. The van der Waals surface area contributed by atoms with Crippen LogP contribution in [-0.2, 0) is 23.9 Å². The van der Waals surface area contributed by atoms with E-state index in [1.54, 1.807) is 4.90 Å². The van der Waals surface area contributed by atoms with E-state index in [9.17, 15) is 22.8 Å². The lowest BCUT2D eigenvalue weighted by atomic mass is 10.1. The lowest BCUT2D eigenvalue weighted by molar-refractivity contribution is -0.137. The number of aromatic nitrogens is 1. The van der Waals surface area contributed by atoms with Gasteiger partial charge in [0.25, 0.3) is 0 Å². The van der Waals surface area contributed by atoms with Crippen molar-refractivity contribution < 1.29 is 22.8 Å². The summed E-state index contributed by atoms with van der Waals surface area (Å²) in [6.07, 6.45) is -1.33. The molecule has 3 amide bonds. The molecule has 0 bridgehead atoms. The molecular formula is C32H35F3N4O2. The summed E-state index contributed by atoms with van der Waals surface area (Å²) in [5.74, 6) is -0.283. The third-order valence-electron chi connectivity index (χ3n) is 7.06. The predicted molar refractivity (Wildman–Crippen MR) is 156 cm³/mol. The molecule has 2 N–H and O–H groups in total. The van der Waals surface area contributed by atoms with Gasteiger partial charge >= 0.3 is 12.2 Å². The van der Waals surface area contributed by atoms with Gasteiger partial charge < -0.3 is 20.1 Å². The number of halogens is 3. The third-order valence-corrected chi connectivity index (χ3v) is 7.06. The third kappa shape index (κ3) is 7.68. The first kappa shape index (κ1) is 29.7. The fourth-order valence-electron chi connectivity index (χ4n) is 4.84. The van der Waals surface area contributed by atoms with E-state index < -0.39 is 11.7 Å². The van der Waals surface area contributed by atoms with E-state index >= 15 is 0 Å². The van der Waals surface area contributed by atoms with E-state index in [1.807, 2.05) is 69.4 Å². The maximum Gasteiger partial charge on any atom is 0.416 e. The van der Waals surface area contributed by atoms with Crippen LogP contribution in [0.5, 0.6) is 0 Å². The van der Waals surface area contributed by atoms with Crippen LogP contribution in [-0.4, -0.2) is 46.4 Å². The smallest absolute Gasteiger partial charge is 0.361 e. The molecule has 0 saturated carbocycles. The van der Waals surface area contributed by atoms with Gasteiger partial charge in [-0.2, -0.15) is 13.2 Å². The fraction of sp³-hybridized carbons (Fsp3) is 0.312. The molecule has 0 radical (unpaired) electrons. The van der Waals surface area contributed by atoms with Gasteiger partial charge in [0.15, 0.2) is 0 Å². The lowest BCUT2D eigenvalue weighted by Gasteiger charge is -2.28. The second-order valence-electron chi connectivity index (χ2n) is 10.3. The number of alkyl halides is 3. The monoisotopic (exact) mass is 564 g/mol. The molecule has 41 heavy (non-hydrogen) atoms. The largest absolute Gasteiger partial charge is 0.416 e. The highest BCUT2D eigenvalue weighted by Crippen LogP contribution is 2.29.